The summed E-state index contributed by atoms with van der Waals surface area (Å²) in [5.74, 6) is 2.09. The summed E-state index contributed by atoms with van der Waals surface area (Å²) in [6.45, 7) is 2.33. The predicted octanol–water partition coefficient (Wildman–Crippen LogP) is 3.80. The third-order valence-corrected chi connectivity index (χ3v) is 3.98. The fourth-order valence-electron chi connectivity index (χ4n) is 2.27. The largest absolute Gasteiger partial charge is 0.489 e. The summed E-state index contributed by atoms with van der Waals surface area (Å²) in [4.78, 5) is 0. The lowest BCUT2D eigenvalue weighted by Crippen LogP contribution is -2.39. The van der Waals surface area contributed by atoms with E-state index < -0.39 is 0 Å². The molecule has 0 unspecified atom stereocenters. The van der Waals surface area contributed by atoms with Crippen molar-refractivity contribution in [1.29, 1.82) is 0 Å². The van der Waals surface area contributed by atoms with Crippen molar-refractivity contribution in [3.8, 4) is 17.2 Å². The molecule has 0 aromatic heterocycles. The molecule has 0 fully saturated rings. The Morgan fingerprint density at radius 3 is 2.57 bits per heavy atom. The van der Waals surface area contributed by atoms with E-state index in [0.29, 0.717) is 42.1 Å². The molecule has 0 radical (unpaired) electrons. The van der Waals surface area contributed by atoms with Crippen LogP contribution in [0.25, 0.3) is 0 Å². The maximum absolute atomic E-state index is 6.05. The van der Waals surface area contributed by atoms with Gasteiger partial charge in [0.1, 0.15) is 19.3 Å². The minimum absolute atomic E-state index is 0.0196. The molecule has 1 N–H and O–H groups in total. The van der Waals surface area contributed by atoms with Gasteiger partial charge in [-0.15, -0.1) is 0 Å². The zero-order chi connectivity index (χ0) is 16.1. The van der Waals surface area contributed by atoms with Crippen molar-refractivity contribution in [2.24, 2.45) is 0 Å². The Kier molecular flexibility index (Phi) is 5.49. The highest BCUT2D eigenvalue weighted by Crippen LogP contribution is 2.32. The Morgan fingerprint density at radius 1 is 1.04 bits per heavy atom. The Labute approximate surface area is 145 Å². The first-order chi connectivity index (χ1) is 11.2. The van der Waals surface area contributed by atoms with Crippen LogP contribution in [0, 0.1) is 0 Å². The van der Waals surface area contributed by atoms with Crippen molar-refractivity contribution in [2.75, 3.05) is 26.3 Å². The zero-order valence-corrected chi connectivity index (χ0v) is 13.9. The summed E-state index contributed by atoms with van der Waals surface area (Å²) in [7, 11) is 0. The van der Waals surface area contributed by atoms with Crippen LogP contribution in [0.4, 0.5) is 0 Å². The number of rotatable bonds is 6. The first-order valence-electron chi connectivity index (χ1n) is 7.40. The molecule has 2 aromatic carbocycles. The van der Waals surface area contributed by atoms with E-state index in [0.717, 1.165) is 11.5 Å². The summed E-state index contributed by atoms with van der Waals surface area (Å²) >= 11 is 12.1. The molecule has 0 saturated carbocycles. The molecule has 1 aliphatic heterocycles. The van der Waals surface area contributed by atoms with Crippen LogP contribution < -0.4 is 19.5 Å². The predicted molar refractivity (Wildman–Crippen MR) is 91.2 cm³/mol. The fraction of sp³-hybridized carbons (Fsp3) is 0.294. The van der Waals surface area contributed by atoms with Gasteiger partial charge in [0.15, 0.2) is 17.2 Å². The number of nitrogens with one attached hydrogen (secondary N) is 1. The first kappa shape index (κ1) is 16.2. The highest BCUT2D eigenvalue weighted by molar-refractivity contribution is 6.37. The molecule has 3 rings (SSSR count). The number of fused-ring (bicyclic) bond motifs is 1. The lowest BCUT2D eigenvalue weighted by atomic mass is 10.2. The molecule has 0 aliphatic carbocycles. The Hall–Kier alpha value is -1.62. The molecule has 0 amide bonds. The van der Waals surface area contributed by atoms with Gasteiger partial charge in [-0.1, -0.05) is 41.4 Å². The molecule has 0 spiro atoms. The van der Waals surface area contributed by atoms with E-state index >= 15 is 0 Å². The van der Waals surface area contributed by atoms with Crippen LogP contribution in [0.3, 0.4) is 0 Å². The topological polar surface area (TPSA) is 39.7 Å². The third kappa shape index (κ3) is 4.22. The molecular weight excluding hydrogens is 337 g/mol. The number of halogens is 2. The van der Waals surface area contributed by atoms with E-state index in [-0.39, 0.29) is 6.10 Å². The van der Waals surface area contributed by atoms with Gasteiger partial charge in [0.05, 0.1) is 10.0 Å². The van der Waals surface area contributed by atoms with E-state index in [2.05, 4.69) is 5.32 Å². The van der Waals surface area contributed by atoms with Crippen LogP contribution >= 0.6 is 23.2 Å². The second kappa shape index (κ2) is 7.77. The van der Waals surface area contributed by atoms with Gasteiger partial charge in [-0.3, -0.25) is 0 Å². The van der Waals surface area contributed by atoms with Crippen molar-refractivity contribution < 1.29 is 14.2 Å². The molecule has 1 aliphatic rings. The molecule has 2 aromatic rings. The monoisotopic (exact) mass is 353 g/mol. The summed E-state index contributed by atoms with van der Waals surface area (Å²) in [6.07, 6.45) is -0.0196. The van der Waals surface area contributed by atoms with E-state index in [4.69, 9.17) is 37.4 Å². The molecule has 0 bridgehead atoms. The quantitative estimate of drug-likeness (QED) is 0.801. The molecule has 1 atom stereocenters. The molecule has 122 valence electrons. The van der Waals surface area contributed by atoms with E-state index in [1.54, 1.807) is 18.2 Å². The molecule has 1 heterocycles. The van der Waals surface area contributed by atoms with Crippen molar-refractivity contribution in [2.45, 2.75) is 6.10 Å². The molecular formula is C17H17Cl2NO3. The summed E-state index contributed by atoms with van der Waals surface area (Å²) in [5.41, 5.74) is 0. The lowest BCUT2D eigenvalue weighted by Gasteiger charge is -2.26. The van der Waals surface area contributed by atoms with Crippen LogP contribution in [0.5, 0.6) is 17.2 Å². The van der Waals surface area contributed by atoms with Crippen molar-refractivity contribution >= 4 is 23.2 Å². The van der Waals surface area contributed by atoms with Gasteiger partial charge < -0.3 is 19.5 Å². The average Bonchev–Trinajstić information content (AvgIpc) is 2.57. The second-order valence-electron chi connectivity index (χ2n) is 5.10. The number of ether oxygens (including phenoxy) is 3. The van der Waals surface area contributed by atoms with Crippen LogP contribution in [0.2, 0.25) is 10.0 Å². The van der Waals surface area contributed by atoms with E-state index in [1.165, 1.54) is 0 Å². The van der Waals surface area contributed by atoms with Gasteiger partial charge in [-0.05, 0) is 24.3 Å². The van der Waals surface area contributed by atoms with E-state index in [1.807, 2.05) is 24.3 Å². The summed E-state index contributed by atoms with van der Waals surface area (Å²) in [6, 6.07) is 13.0. The Morgan fingerprint density at radius 2 is 1.78 bits per heavy atom. The number of hydrogen-bond donors (Lipinski definition) is 1. The minimum atomic E-state index is -0.0196. The van der Waals surface area contributed by atoms with Crippen LogP contribution in [-0.4, -0.2) is 32.4 Å². The molecule has 6 heteroatoms. The Balaban J connectivity index is 1.39. The smallest absolute Gasteiger partial charge is 0.161 e. The Bertz CT molecular complexity index is 646. The zero-order valence-electron chi connectivity index (χ0n) is 12.4. The molecule has 4 nitrogen and oxygen atoms in total. The van der Waals surface area contributed by atoms with Crippen molar-refractivity contribution in [3.05, 3.63) is 52.5 Å². The van der Waals surface area contributed by atoms with Gasteiger partial charge >= 0.3 is 0 Å². The lowest BCUT2D eigenvalue weighted by molar-refractivity contribution is 0.0897. The first-order valence-corrected chi connectivity index (χ1v) is 8.15. The maximum atomic E-state index is 6.05. The molecule has 0 saturated heterocycles. The highest BCUT2D eigenvalue weighted by Gasteiger charge is 2.19. The second-order valence-corrected chi connectivity index (χ2v) is 5.92. The SMILES string of the molecule is Clc1cccc(Cl)c1OCCNC[C@H]1COc2ccccc2O1. The van der Waals surface area contributed by atoms with Gasteiger partial charge in [-0.25, -0.2) is 0 Å². The van der Waals surface area contributed by atoms with Crippen molar-refractivity contribution in [1.82, 2.24) is 5.32 Å². The number of benzene rings is 2. The van der Waals surface area contributed by atoms with Crippen LogP contribution in [0.15, 0.2) is 42.5 Å². The van der Waals surface area contributed by atoms with Gasteiger partial charge in [0.2, 0.25) is 0 Å². The molecule has 23 heavy (non-hydrogen) atoms. The van der Waals surface area contributed by atoms with Gasteiger partial charge in [-0.2, -0.15) is 0 Å². The van der Waals surface area contributed by atoms with Gasteiger partial charge in [0.25, 0.3) is 0 Å². The summed E-state index contributed by atoms with van der Waals surface area (Å²) < 4.78 is 17.1. The summed E-state index contributed by atoms with van der Waals surface area (Å²) in [5, 5.41) is 4.30. The van der Waals surface area contributed by atoms with E-state index in [9.17, 15) is 0 Å². The number of hydrogen-bond acceptors (Lipinski definition) is 4. The van der Waals surface area contributed by atoms with Gasteiger partial charge in [0, 0.05) is 13.1 Å². The number of para-hydroxylation sites is 3. The normalized spacial score (nSPS) is 16.2. The average molecular weight is 354 g/mol. The van der Waals surface area contributed by atoms with Crippen LogP contribution in [-0.2, 0) is 0 Å². The minimum Gasteiger partial charge on any atom is -0.489 e. The van der Waals surface area contributed by atoms with Crippen molar-refractivity contribution in [3.63, 3.8) is 0 Å². The standard InChI is InChI=1S/C17H17Cl2NO3/c18-13-4-3-5-14(19)17(13)21-9-8-20-10-12-11-22-15-6-1-2-7-16(15)23-12/h1-7,12,20H,8-11H2/t12-/m0/s1. The van der Waals surface area contributed by atoms with Crippen LogP contribution in [0.1, 0.15) is 0 Å². The highest BCUT2D eigenvalue weighted by atomic mass is 35.5. The third-order valence-electron chi connectivity index (χ3n) is 3.38. The maximum Gasteiger partial charge on any atom is 0.161 e. The fourth-order valence-corrected chi connectivity index (χ4v) is 2.78.